The van der Waals surface area contributed by atoms with Gasteiger partial charge in [0.05, 0.1) is 6.10 Å². The first kappa shape index (κ1) is 7.03. The molecule has 0 aromatic carbocycles. The van der Waals surface area contributed by atoms with Crippen LogP contribution in [0, 0.1) is 0 Å². The lowest BCUT2D eigenvalue weighted by atomic mass is 10.3. The molecule has 0 aromatic heterocycles. The highest BCUT2D eigenvalue weighted by Gasteiger charge is 2.36. The van der Waals surface area contributed by atoms with Crippen LogP contribution in [-0.2, 0) is 9.47 Å². The summed E-state index contributed by atoms with van der Waals surface area (Å²) in [5.74, 6) is 0. The molecule has 1 fully saturated rings. The highest BCUT2D eigenvalue weighted by Crippen LogP contribution is 2.23. The van der Waals surface area contributed by atoms with Crippen molar-refractivity contribution in [3.05, 3.63) is 0 Å². The molecule has 3 unspecified atom stereocenters. The number of epoxide rings is 1. The molecule has 1 aliphatic rings. The highest BCUT2D eigenvalue weighted by molar-refractivity contribution is 4.71. The fourth-order valence-electron chi connectivity index (χ4n) is 0.634. The van der Waals surface area contributed by atoms with E-state index in [0.717, 1.165) is 6.42 Å². The van der Waals surface area contributed by atoms with Crippen LogP contribution < -0.4 is 0 Å². The quantitative estimate of drug-likeness (QED) is 0.540. The van der Waals surface area contributed by atoms with E-state index < -0.39 is 0 Å². The van der Waals surface area contributed by atoms with Crippen LogP contribution in [0.5, 0.6) is 0 Å². The molecule has 0 saturated carbocycles. The van der Waals surface area contributed by atoms with E-state index in [1.54, 1.807) is 0 Å². The molecule has 2 nitrogen and oxygen atoms in total. The van der Waals surface area contributed by atoms with Crippen LogP contribution >= 0.6 is 0 Å². The van der Waals surface area contributed by atoms with Crippen LogP contribution in [0.1, 0.15) is 27.2 Å². The maximum atomic E-state index is 5.40. The van der Waals surface area contributed by atoms with Crippen molar-refractivity contribution in [2.75, 3.05) is 0 Å². The topological polar surface area (TPSA) is 21.8 Å². The van der Waals surface area contributed by atoms with Gasteiger partial charge in [0.2, 0.25) is 0 Å². The fourth-order valence-corrected chi connectivity index (χ4v) is 0.634. The molecule has 0 N–H and O–H groups in total. The van der Waals surface area contributed by atoms with Crippen LogP contribution in [0.3, 0.4) is 0 Å². The van der Waals surface area contributed by atoms with Gasteiger partial charge in [-0.15, -0.1) is 0 Å². The molecule has 0 bridgehead atoms. The van der Waals surface area contributed by atoms with Crippen molar-refractivity contribution >= 4 is 0 Å². The molecule has 0 aromatic rings. The van der Waals surface area contributed by atoms with Crippen LogP contribution in [0.15, 0.2) is 0 Å². The van der Waals surface area contributed by atoms with Gasteiger partial charge in [0.1, 0.15) is 6.10 Å². The monoisotopic (exact) mass is 130 g/mol. The summed E-state index contributed by atoms with van der Waals surface area (Å²) in [5.41, 5.74) is 0. The van der Waals surface area contributed by atoms with E-state index in [2.05, 4.69) is 13.8 Å². The van der Waals surface area contributed by atoms with Gasteiger partial charge in [-0.1, -0.05) is 6.92 Å². The number of hydrogen-bond donors (Lipinski definition) is 0. The van der Waals surface area contributed by atoms with Crippen molar-refractivity contribution in [3.8, 4) is 0 Å². The summed E-state index contributed by atoms with van der Waals surface area (Å²) in [6.45, 7) is 6.19. The largest absolute Gasteiger partial charge is 0.347 e. The van der Waals surface area contributed by atoms with Crippen molar-refractivity contribution in [1.82, 2.24) is 0 Å². The van der Waals surface area contributed by atoms with Crippen LogP contribution in [0.2, 0.25) is 0 Å². The van der Waals surface area contributed by atoms with Crippen LogP contribution in [-0.4, -0.2) is 18.5 Å². The third-order valence-corrected chi connectivity index (χ3v) is 1.60. The van der Waals surface area contributed by atoms with E-state index in [-0.39, 0.29) is 6.29 Å². The first-order valence-corrected chi connectivity index (χ1v) is 3.55. The molecule has 0 amide bonds. The van der Waals surface area contributed by atoms with Crippen molar-refractivity contribution in [1.29, 1.82) is 0 Å². The maximum Gasteiger partial charge on any atom is 0.184 e. The van der Waals surface area contributed by atoms with Gasteiger partial charge in [-0.2, -0.15) is 0 Å². The average molecular weight is 130 g/mol. The van der Waals surface area contributed by atoms with Gasteiger partial charge in [-0.05, 0) is 20.3 Å². The number of ether oxygens (including phenoxy) is 2. The zero-order valence-electron chi connectivity index (χ0n) is 6.26. The van der Waals surface area contributed by atoms with Gasteiger partial charge in [0.25, 0.3) is 0 Å². The summed E-state index contributed by atoms with van der Waals surface area (Å²) in [6, 6.07) is 0. The van der Waals surface area contributed by atoms with Crippen molar-refractivity contribution in [2.24, 2.45) is 0 Å². The third-order valence-electron chi connectivity index (χ3n) is 1.60. The minimum atomic E-state index is 0.0972. The van der Waals surface area contributed by atoms with Gasteiger partial charge in [-0.3, -0.25) is 0 Å². The normalized spacial score (nSPS) is 36.3. The summed E-state index contributed by atoms with van der Waals surface area (Å²) < 4.78 is 10.5. The predicted octanol–water partition coefficient (Wildman–Crippen LogP) is 1.55. The Hall–Kier alpha value is -0.0800. The molecule has 0 aliphatic carbocycles. The smallest absolute Gasteiger partial charge is 0.184 e. The molecule has 1 rings (SSSR count). The second-order valence-electron chi connectivity index (χ2n) is 2.56. The highest BCUT2D eigenvalue weighted by atomic mass is 16.8. The minimum absolute atomic E-state index is 0.0972. The Morgan fingerprint density at radius 3 is 2.56 bits per heavy atom. The lowest BCUT2D eigenvalue weighted by Gasteiger charge is -2.05. The van der Waals surface area contributed by atoms with E-state index in [4.69, 9.17) is 9.47 Å². The molecule has 0 radical (unpaired) electrons. The summed E-state index contributed by atoms with van der Waals surface area (Å²) in [4.78, 5) is 0. The van der Waals surface area contributed by atoms with Crippen LogP contribution in [0.4, 0.5) is 0 Å². The van der Waals surface area contributed by atoms with E-state index >= 15 is 0 Å². The van der Waals surface area contributed by atoms with Crippen molar-refractivity contribution in [2.45, 2.75) is 45.7 Å². The van der Waals surface area contributed by atoms with Gasteiger partial charge < -0.3 is 9.47 Å². The molecule has 1 saturated heterocycles. The lowest BCUT2D eigenvalue weighted by molar-refractivity contribution is -0.00301. The zero-order valence-corrected chi connectivity index (χ0v) is 6.26. The van der Waals surface area contributed by atoms with Crippen molar-refractivity contribution < 1.29 is 9.47 Å². The van der Waals surface area contributed by atoms with Crippen LogP contribution in [0.25, 0.3) is 0 Å². The summed E-state index contributed by atoms with van der Waals surface area (Å²) in [5, 5.41) is 0. The second kappa shape index (κ2) is 2.67. The number of rotatable bonds is 3. The van der Waals surface area contributed by atoms with E-state index in [0.29, 0.717) is 12.2 Å². The zero-order chi connectivity index (χ0) is 6.85. The molecule has 1 heterocycles. The Balaban J connectivity index is 2.05. The molecule has 0 spiro atoms. The molecule has 2 heteroatoms. The maximum absolute atomic E-state index is 5.40. The Labute approximate surface area is 56.2 Å². The Morgan fingerprint density at radius 1 is 1.67 bits per heavy atom. The Morgan fingerprint density at radius 2 is 2.22 bits per heavy atom. The molecule has 3 atom stereocenters. The molecular formula is C7H14O2. The van der Waals surface area contributed by atoms with E-state index in [1.165, 1.54) is 0 Å². The molecular weight excluding hydrogens is 116 g/mol. The minimum Gasteiger partial charge on any atom is -0.347 e. The Kier molecular flexibility index (Phi) is 2.09. The molecule has 1 aliphatic heterocycles. The third kappa shape index (κ3) is 1.95. The van der Waals surface area contributed by atoms with Gasteiger partial charge >= 0.3 is 0 Å². The van der Waals surface area contributed by atoms with E-state index in [9.17, 15) is 0 Å². The first-order valence-electron chi connectivity index (χ1n) is 3.55. The average Bonchev–Trinajstić information content (AvgIpc) is 2.47. The summed E-state index contributed by atoms with van der Waals surface area (Å²) >= 11 is 0. The van der Waals surface area contributed by atoms with E-state index in [1.807, 2.05) is 6.92 Å². The summed E-state index contributed by atoms with van der Waals surface area (Å²) in [7, 11) is 0. The predicted molar refractivity (Wildman–Crippen MR) is 35.2 cm³/mol. The second-order valence-corrected chi connectivity index (χ2v) is 2.56. The van der Waals surface area contributed by atoms with Gasteiger partial charge in [0, 0.05) is 0 Å². The Bertz CT molecular complexity index is 90.9. The lowest BCUT2D eigenvalue weighted by Crippen LogP contribution is -2.09. The van der Waals surface area contributed by atoms with Gasteiger partial charge in [-0.25, -0.2) is 0 Å². The standard InChI is InChI=1S/C7H14O2/c1-4-5(2)8-7-6(3)9-7/h5-7H,4H2,1-3H3. The fraction of sp³-hybridized carbons (Fsp3) is 1.00. The van der Waals surface area contributed by atoms with Crippen molar-refractivity contribution in [3.63, 3.8) is 0 Å². The molecule has 54 valence electrons. The summed E-state index contributed by atoms with van der Waals surface area (Å²) in [6.07, 6.45) is 1.84. The first-order chi connectivity index (χ1) is 4.24. The van der Waals surface area contributed by atoms with Gasteiger partial charge in [0.15, 0.2) is 6.29 Å². The number of hydrogen-bond acceptors (Lipinski definition) is 2. The SMILES string of the molecule is CCC(C)OC1OC1C. The molecule has 9 heavy (non-hydrogen) atoms.